The fraction of sp³-hybridized carbons (Fsp3) is 0.269. The SMILES string of the molecule is COc1ccc(C(=O)N2CCc3cc(OC)c(O)c4c3C2Cc2cc(O)c(OC)cc2-4)cc1. The number of phenols is 2. The number of ether oxygens (including phenoxy) is 3. The lowest BCUT2D eigenvalue weighted by atomic mass is 9.76. The molecule has 0 radical (unpaired) electrons. The van der Waals surface area contributed by atoms with Gasteiger partial charge in [-0.05, 0) is 77.6 Å². The van der Waals surface area contributed by atoms with Gasteiger partial charge in [0.2, 0.25) is 0 Å². The van der Waals surface area contributed by atoms with E-state index < -0.39 is 0 Å². The van der Waals surface area contributed by atoms with Crippen LogP contribution < -0.4 is 14.2 Å². The first-order valence-electron chi connectivity index (χ1n) is 10.7. The van der Waals surface area contributed by atoms with Crippen molar-refractivity contribution < 1.29 is 29.2 Å². The summed E-state index contributed by atoms with van der Waals surface area (Å²) in [5.41, 5.74) is 4.76. The molecular formula is C26H25NO6. The van der Waals surface area contributed by atoms with Crippen LogP contribution in [-0.4, -0.2) is 48.9 Å². The quantitative estimate of drug-likeness (QED) is 0.627. The van der Waals surface area contributed by atoms with E-state index in [-0.39, 0.29) is 23.4 Å². The van der Waals surface area contributed by atoms with Crippen LogP contribution in [0.3, 0.4) is 0 Å². The molecule has 0 spiro atoms. The van der Waals surface area contributed by atoms with Crippen molar-refractivity contribution in [1.82, 2.24) is 4.90 Å². The Labute approximate surface area is 191 Å². The largest absolute Gasteiger partial charge is 0.504 e. The maximum Gasteiger partial charge on any atom is 0.254 e. The van der Waals surface area contributed by atoms with Crippen molar-refractivity contribution in [3.63, 3.8) is 0 Å². The Bertz CT molecular complexity index is 1250. The number of nitrogens with zero attached hydrogens (tertiary/aromatic N) is 1. The van der Waals surface area contributed by atoms with Gasteiger partial charge in [0.15, 0.2) is 23.0 Å². The number of benzene rings is 3. The highest BCUT2D eigenvalue weighted by molar-refractivity contribution is 5.96. The number of amides is 1. The molecular weight excluding hydrogens is 422 g/mol. The molecule has 1 unspecified atom stereocenters. The predicted molar refractivity (Wildman–Crippen MR) is 122 cm³/mol. The van der Waals surface area contributed by atoms with Crippen LogP contribution in [0, 0.1) is 0 Å². The standard InChI is InChI=1S/C26H25NO6/c1-31-17-6-4-14(5-7-17)26(30)27-9-8-15-12-22(33-3)25(29)24-18-13-21(32-2)20(28)11-16(18)10-19(27)23(15)24/h4-7,11-13,19,28-29H,8-10H2,1-3H3. The van der Waals surface area contributed by atoms with Crippen molar-refractivity contribution >= 4 is 5.91 Å². The van der Waals surface area contributed by atoms with Crippen LogP contribution in [0.1, 0.15) is 33.1 Å². The fourth-order valence-electron chi connectivity index (χ4n) is 5.02. The van der Waals surface area contributed by atoms with Gasteiger partial charge in [-0.1, -0.05) is 0 Å². The van der Waals surface area contributed by atoms with Crippen LogP contribution in [0.2, 0.25) is 0 Å². The Kier molecular flexibility index (Phi) is 5.04. The molecule has 1 atom stereocenters. The van der Waals surface area contributed by atoms with Crippen molar-refractivity contribution in [3.05, 3.63) is 64.7 Å². The Morgan fingerprint density at radius 2 is 1.67 bits per heavy atom. The van der Waals surface area contributed by atoms with E-state index in [9.17, 15) is 15.0 Å². The van der Waals surface area contributed by atoms with Crippen molar-refractivity contribution in [2.45, 2.75) is 18.9 Å². The Morgan fingerprint density at radius 3 is 2.33 bits per heavy atom. The van der Waals surface area contributed by atoms with Crippen LogP contribution in [-0.2, 0) is 12.8 Å². The van der Waals surface area contributed by atoms with E-state index in [1.807, 2.05) is 11.0 Å². The van der Waals surface area contributed by atoms with E-state index in [0.717, 1.165) is 22.3 Å². The van der Waals surface area contributed by atoms with Gasteiger partial charge in [-0.3, -0.25) is 4.79 Å². The van der Waals surface area contributed by atoms with Crippen molar-refractivity contribution in [3.8, 4) is 39.9 Å². The molecule has 2 N–H and O–H groups in total. The number of hydrogen-bond acceptors (Lipinski definition) is 6. The zero-order valence-electron chi connectivity index (χ0n) is 18.7. The Hall–Kier alpha value is -3.87. The molecule has 0 saturated heterocycles. The molecule has 0 bridgehead atoms. The highest BCUT2D eigenvalue weighted by Crippen LogP contribution is 2.53. The summed E-state index contributed by atoms with van der Waals surface area (Å²) in [6.07, 6.45) is 1.16. The number of methoxy groups -OCH3 is 3. The lowest BCUT2D eigenvalue weighted by Gasteiger charge is -2.42. The zero-order chi connectivity index (χ0) is 23.3. The molecule has 33 heavy (non-hydrogen) atoms. The van der Waals surface area contributed by atoms with Gasteiger partial charge >= 0.3 is 0 Å². The van der Waals surface area contributed by atoms with Gasteiger partial charge in [0.25, 0.3) is 5.91 Å². The van der Waals surface area contributed by atoms with E-state index >= 15 is 0 Å². The minimum atomic E-state index is -0.282. The van der Waals surface area contributed by atoms with E-state index in [1.54, 1.807) is 43.5 Å². The highest BCUT2D eigenvalue weighted by Gasteiger charge is 2.39. The lowest BCUT2D eigenvalue weighted by molar-refractivity contribution is 0.0658. The molecule has 1 aliphatic carbocycles. The summed E-state index contributed by atoms with van der Waals surface area (Å²) in [5, 5.41) is 21.5. The van der Waals surface area contributed by atoms with E-state index in [2.05, 4.69) is 0 Å². The molecule has 1 amide bonds. The van der Waals surface area contributed by atoms with Crippen LogP contribution in [0.5, 0.6) is 28.7 Å². The first-order chi connectivity index (χ1) is 16.0. The molecule has 1 heterocycles. The van der Waals surface area contributed by atoms with Crippen LogP contribution >= 0.6 is 0 Å². The van der Waals surface area contributed by atoms with Gasteiger partial charge in [0, 0.05) is 17.7 Å². The maximum atomic E-state index is 13.5. The number of carbonyl (C=O) groups is 1. The highest BCUT2D eigenvalue weighted by atomic mass is 16.5. The smallest absolute Gasteiger partial charge is 0.254 e. The molecule has 0 fully saturated rings. The van der Waals surface area contributed by atoms with Crippen molar-refractivity contribution in [2.24, 2.45) is 0 Å². The number of fused-ring (bicyclic) bond motifs is 2. The van der Waals surface area contributed by atoms with Gasteiger partial charge in [-0.25, -0.2) is 0 Å². The number of rotatable bonds is 4. The molecule has 3 aromatic carbocycles. The molecule has 0 aromatic heterocycles. The van der Waals surface area contributed by atoms with Crippen LogP contribution in [0.4, 0.5) is 0 Å². The Balaban J connectivity index is 1.67. The summed E-state index contributed by atoms with van der Waals surface area (Å²) in [6, 6.07) is 12.0. The summed E-state index contributed by atoms with van der Waals surface area (Å²) in [7, 11) is 4.60. The molecule has 5 rings (SSSR count). The third-order valence-electron chi connectivity index (χ3n) is 6.63. The normalized spacial score (nSPS) is 16.0. The predicted octanol–water partition coefficient (Wildman–Crippen LogP) is 4.09. The first kappa shape index (κ1) is 21.0. The topological polar surface area (TPSA) is 88.5 Å². The summed E-state index contributed by atoms with van der Waals surface area (Å²) in [6.45, 7) is 0.535. The molecule has 7 nitrogen and oxygen atoms in total. The third-order valence-corrected chi connectivity index (χ3v) is 6.63. The molecule has 2 aliphatic rings. The second-order valence-electron chi connectivity index (χ2n) is 8.25. The van der Waals surface area contributed by atoms with Gasteiger partial charge in [-0.2, -0.15) is 0 Å². The lowest BCUT2D eigenvalue weighted by Crippen LogP contribution is -2.42. The molecule has 170 valence electrons. The second kappa shape index (κ2) is 7.92. The summed E-state index contributed by atoms with van der Waals surface area (Å²) >= 11 is 0. The number of aromatic hydroxyl groups is 2. The molecule has 3 aromatic rings. The first-order valence-corrected chi connectivity index (χ1v) is 10.7. The zero-order valence-corrected chi connectivity index (χ0v) is 18.7. The minimum absolute atomic E-state index is 0.0196. The van der Waals surface area contributed by atoms with Crippen LogP contribution in [0.15, 0.2) is 42.5 Å². The number of carbonyl (C=O) groups excluding carboxylic acids is 1. The summed E-state index contributed by atoms with van der Waals surface area (Å²) in [5.74, 6) is 1.35. The van der Waals surface area contributed by atoms with Crippen molar-refractivity contribution in [2.75, 3.05) is 27.9 Å². The summed E-state index contributed by atoms with van der Waals surface area (Å²) in [4.78, 5) is 15.4. The average Bonchev–Trinajstić information content (AvgIpc) is 2.84. The van der Waals surface area contributed by atoms with Crippen molar-refractivity contribution in [1.29, 1.82) is 0 Å². The van der Waals surface area contributed by atoms with E-state index in [4.69, 9.17) is 14.2 Å². The number of hydrogen-bond donors (Lipinski definition) is 2. The van der Waals surface area contributed by atoms with E-state index in [0.29, 0.717) is 47.8 Å². The molecule has 1 aliphatic heterocycles. The van der Waals surface area contributed by atoms with Crippen LogP contribution in [0.25, 0.3) is 11.1 Å². The average molecular weight is 447 g/mol. The maximum absolute atomic E-state index is 13.5. The number of phenolic OH excluding ortho intramolecular Hbond substituents is 2. The van der Waals surface area contributed by atoms with Gasteiger partial charge in [0.1, 0.15) is 5.75 Å². The second-order valence-corrected chi connectivity index (χ2v) is 8.25. The Morgan fingerprint density at radius 1 is 0.939 bits per heavy atom. The fourth-order valence-corrected chi connectivity index (χ4v) is 5.02. The van der Waals surface area contributed by atoms with Gasteiger partial charge in [0.05, 0.1) is 27.4 Å². The third kappa shape index (κ3) is 3.23. The monoisotopic (exact) mass is 447 g/mol. The molecule has 7 heteroatoms. The van der Waals surface area contributed by atoms with Gasteiger partial charge in [-0.15, -0.1) is 0 Å². The molecule has 0 saturated carbocycles. The van der Waals surface area contributed by atoms with Gasteiger partial charge < -0.3 is 29.3 Å². The summed E-state index contributed by atoms with van der Waals surface area (Å²) < 4.78 is 16.0. The van der Waals surface area contributed by atoms with E-state index in [1.165, 1.54) is 14.2 Å². The minimum Gasteiger partial charge on any atom is -0.504 e.